The van der Waals surface area contributed by atoms with Gasteiger partial charge in [-0.15, -0.1) is 0 Å². The molecule has 0 aliphatic carbocycles. The van der Waals surface area contributed by atoms with Gasteiger partial charge in [-0.25, -0.2) is 0 Å². The molecule has 0 spiro atoms. The van der Waals surface area contributed by atoms with E-state index in [0.29, 0.717) is 0 Å². The van der Waals surface area contributed by atoms with Crippen LogP contribution in [0, 0.1) is 0 Å². The van der Waals surface area contributed by atoms with E-state index in [4.69, 9.17) is 4.74 Å². The van der Waals surface area contributed by atoms with Gasteiger partial charge in [0.05, 0.1) is 13.2 Å². The second kappa shape index (κ2) is 4.64. The second-order valence-corrected chi connectivity index (χ2v) is 3.97. The monoisotopic (exact) mass is 207 g/mol. The first-order chi connectivity index (χ1) is 7.29. The van der Waals surface area contributed by atoms with Crippen molar-refractivity contribution in [3.05, 3.63) is 29.8 Å². The van der Waals surface area contributed by atoms with Gasteiger partial charge in [0.2, 0.25) is 0 Å². The maximum absolute atomic E-state index is 9.66. The largest absolute Gasteiger partial charge is 0.497 e. The van der Waals surface area contributed by atoms with Gasteiger partial charge in [0.15, 0.2) is 0 Å². The third kappa shape index (κ3) is 2.49. The lowest BCUT2D eigenvalue weighted by Gasteiger charge is -2.14. The lowest BCUT2D eigenvalue weighted by atomic mass is 10.0. The molecule has 1 aromatic carbocycles. The standard InChI is InChI=1S/C12H17NO2/c1-15-10-4-2-9(3-5-10)8-11-12(14)6-7-13-11/h2-5,11-14H,6-8H2,1H3/t11-,12+/m0/s1. The van der Waals surface area contributed by atoms with E-state index in [0.717, 1.165) is 25.1 Å². The summed E-state index contributed by atoms with van der Waals surface area (Å²) in [6, 6.07) is 8.21. The Labute approximate surface area is 90.1 Å². The maximum atomic E-state index is 9.66. The molecule has 1 heterocycles. The molecule has 2 rings (SSSR count). The summed E-state index contributed by atoms with van der Waals surface area (Å²) < 4.78 is 5.10. The third-order valence-corrected chi connectivity index (χ3v) is 2.93. The van der Waals surface area contributed by atoms with Gasteiger partial charge >= 0.3 is 0 Å². The van der Waals surface area contributed by atoms with Crippen LogP contribution in [0.15, 0.2) is 24.3 Å². The fraction of sp³-hybridized carbons (Fsp3) is 0.500. The Bertz CT molecular complexity index is 310. The molecule has 1 fully saturated rings. The highest BCUT2D eigenvalue weighted by Gasteiger charge is 2.24. The number of methoxy groups -OCH3 is 1. The first-order valence-corrected chi connectivity index (χ1v) is 5.34. The molecule has 1 saturated heterocycles. The highest BCUT2D eigenvalue weighted by Crippen LogP contribution is 2.16. The van der Waals surface area contributed by atoms with Crippen LogP contribution in [0.4, 0.5) is 0 Å². The number of nitrogens with one attached hydrogen (secondary N) is 1. The van der Waals surface area contributed by atoms with Gasteiger partial charge in [-0.3, -0.25) is 0 Å². The number of rotatable bonds is 3. The van der Waals surface area contributed by atoms with Crippen molar-refractivity contribution < 1.29 is 9.84 Å². The van der Waals surface area contributed by atoms with E-state index in [1.54, 1.807) is 7.11 Å². The quantitative estimate of drug-likeness (QED) is 0.775. The molecule has 1 aliphatic rings. The van der Waals surface area contributed by atoms with Crippen LogP contribution < -0.4 is 10.1 Å². The number of aliphatic hydroxyl groups is 1. The Morgan fingerprint density at radius 2 is 2.13 bits per heavy atom. The zero-order valence-corrected chi connectivity index (χ0v) is 8.94. The minimum absolute atomic E-state index is 0.202. The van der Waals surface area contributed by atoms with Crippen molar-refractivity contribution in [1.29, 1.82) is 0 Å². The van der Waals surface area contributed by atoms with Crippen LogP contribution in [0.5, 0.6) is 5.75 Å². The lowest BCUT2D eigenvalue weighted by molar-refractivity contribution is 0.159. The van der Waals surface area contributed by atoms with Crippen LogP contribution in [0.1, 0.15) is 12.0 Å². The summed E-state index contributed by atoms with van der Waals surface area (Å²) in [4.78, 5) is 0. The molecule has 1 aromatic rings. The molecule has 0 radical (unpaired) electrons. The van der Waals surface area contributed by atoms with Crippen molar-refractivity contribution in [2.24, 2.45) is 0 Å². The average Bonchev–Trinajstić information content (AvgIpc) is 2.66. The predicted octanol–water partition coefficient (Wildman–Crippen LogP) is 0.960. The first-order valence-electron chi connectivity index (χ1n) is 5.34. The maximum Gasteiger partial charge on any atom is 0.118 e. The minimum Gasteiger partial charge on any atom is -0.497 e. The van der Waals surface area contributed by atoms with Gasteiger partial charge in [0.25, 0.3) is 0 Å². The van der Waals surface area contributed by atoms with Crippen molar-refractivity contribution in [2.45, 2.75) is 25.0 Å². The Hall–Kier alpha value is -1.06. The Kier molecular flexibility index (Phi) is 3.23. The van der Waals surface area contributed by atoms with Crippen molar-refractivity contribution in [3.63, 3.8) is 0 Å². The molecule has 0 bridgehead atoms. The van der Waals surface area contributed by atoms with Gasteiger partial charge < -0.3 is 15.2 Å². The van der Waals surface area contributed by atoms with Crippen molar-refractivity contribution >= 4 is 0 Å². The lowest BCUT2D eigenvalue weighted by Crippen LogP contribution is -2.32. The summed E-state index contributed by atoms with van der Waals surface area (Å²) in [5, 5.41) is 13.0. The summed E-state index contributed by atoms with van der Waals surface area (Å²) in [7, 11) is 1.66. The van der Waals surface area contributed by atoms with Crippen molar-refractivity contribution in [2.75, 3.05) is 13.7 Å². The smallest absolute Gasteiger partial charge is 0.118 e. The van der Waals surface area contributed by atoms with E-state index in [2.05, 4.69) is 5.32 Å². The Balaban J connectivity index is 1.98. The summed E-state index contributed by atoms with van der Waals surface area (Å²) >= 11 is 0. The molecular formula is C12H17NO2. The number of benzene rings is 1. The van der Waals surface area contributed by atoms with E-state index in [1.807, 2.05) is 24.3 Å². The van der Waals surface area contributed by atoms with Gasteiger partial charge in [0, 0.05) is 6.04 Å². The highest BCUT2D eigenvalue weighted by atomic mass is 16.5. The van der Waals surface area contributed by atoms with E-state index in [1.165, 1.54) is 5.56 Å². The zero-order chi connectivity index (χ0) is 10.7. The molecule has 82 valence electrons. The van der Waals surface area contributed by atoms with Crippen LogP contribution in [-0.4, -0.2) is 30.9 Å². The van der Waals surface area contributed by atoms with E-state index < -0.39 is 0 Å². The molecule has 0 saturated carbocycles. The van der Waals surface area contributed by atoms with Crippen LogP contribution in [0.25, 0.3) is 0 Å². The topological polar surface area (TPSA) is 41.5 Å². The molecule has 3 heteroatoms. The molecule has 0 amide bonds. The Morgan fingerprint density at radius 1 is 1.40 bits per heavy atom. The van der Waals surface area contributed by atoms with E-state index >= 15 is 0 Å². The van der Waals surface area contributed by atoms with Gasteiger partial charge in [-0.1, -0.05) is 12.1 Å². The fourth-order valence-corrected chi connectivity index (χ4v) is 1.98. The van der Waals surface area contributed by atoms with Gasteiger partial charge in [0.1, 0.15) is 5.75 Å². The Morgan fingerprint density at radius 3 is 2.67 bits per heavy atom. The minimum atomic E-state index is -0.202. The number of ether oxygens (including phenoxy) is 1. The number of hydrogen-bond acceptors (Lipinski definition) is 3. The summed E-state index contributed by atoms with van der Waals surface area (Å²) in [5.41, 5.74) is 1.23. The molecule has 3 nitrogen and oxygen atoms in total. The van der Waals surface area contributed by atoms with Gasteiger partial charge in [-0.2, -0.15) is 0 Å². The highest BCUT2D eigenvalue weighted by molar-refractivity contribution is 5.27. The van der Waals surface area contributed by atoms with Crippen molar-refractivity contribution in [1.82, 2.24) is 5.32 Å². The van der Waals surface area contributed by atoms with Crippen LogP contribution in [0.2, 0.25) is 0 Å². The zero-order valence-electron chi connectivity index (χ0n) is 8.94. The molecule has 2 atom stereocenters. The van der Waals surface area contributed by atoms with Crippen LogP contribution in [-0.2, 0) is 6.42 Å². The SMILES string of the molecule is COc1ccc(C[C@@H]2NCC[C@H]2O)cc1. The summed E-state index contributed by atoms with van der Waals surface area (Å²) in [5.74, 6) is 0.874. The fourth-order valence-electron chi connectivity index (χ4n) is 1.98. The number of hydrogen-bond donors (Lipinski definition) is 2. The van der Waals surface area contributed by atoms with Crippen molar-refractivity contribution in [3.8, 4) is 5.75 Å². The molecular weight excluding hydrogens is 190 g/mol. The van der Waals surface area contributed by atoms with Gasteiger partial charge in [-0.05, 0) is 37.1 Å². The molecule has 1 aliphatic heterocycles. The summed E-state index contributed by atoms with van der Waals surface area (Å²) in [6.07, 6.45) is 1.54. The first kappa shape index (κ1) is 10.5. The van der Waals surface area contributed by atoms with E-state index in [-0.39, 0.29) is 12.1 Å². The molecule has 15 heavy (non-hydrogen) atoms. The normalized spacial score (nSPS) is 25.5. The molecule has 0 unspecified atom stereocenters. The molecule has 0 aromatic heterocycles. The second-order valence-electron chi connectivity index (χ2n) is 3.97. The predicted molar refractivity (Wildman–Crippen MR) is 59.1 cm³/mol. The third-order valence-electron chi connectivity index (χ3n) is 2.93. The summed E-state index contributed by atoms with van der Waals surface area (Å²) in [6.45, 7) is 0.919. The number of aliphatic hydroxyl groups excluding tert-OH is 1. The van der Waals surface area contributed by atoms with Crippen LogP contribution >= 0.6 is 0 Å². The average molecular weight is 207 g/mol. The van der Waals surface area contributed by atoms with Crippen LogP contribution in [0.3, 0.4) is 0 Å². The molecule has 2 N–H and O–H groups in total. The van der Waals surface area contributed by atoms with E-state index in [9.17, 15) is 5.11 Å².